The second-order valence-corrected chi connectivity index (χ2v) is 5.42. The number of methoxy groups -OCH3 is 2. The summed E-state index contributed by atoms with van der Waals surface area (Å²) in [6.07, 6.45) is 1.38. The Morgan fingerprint density at radius 1 is 1.00 bits per heavy atom. The summed E-state index contributed by atoms with van der Waals surface area (Å²) in [5, 5.41) is 2.80. The van der Waals surface area contributed by atoms with E-state index in [2.05, 4.69) is 11.9 Å². The Bertz CT molecular complexity index is 754. The zero-order chi connectivity index (χ0) is 18.9. The van der Waals surface area contributed by atoms with Crippen LogP contribution in [-0.4, -0.2) is 32.6 Å². The molecule has 0 aliphatic rings. The van der Waals surface area contributed by atoms with Gasteiger partial charge < -0.3 is 19.7 Å². The minimum Gasteiger partial charge on any atom is -0.497 e. The van der Waals surface area contributed by atoms with Crippen molar-refractivity contribution in [3.8, 4) is 11.5 Å². The first-order valence-electron chi connectivity index (χ1n) is 8.09. The Morgan fingerprint density at radius 2 is 1.54 bits per heavy atom. The average Bonchev–Trinajstić information content (AvgIpc) is 2.69. The second kappa shape index (κ2) is 9.27. The van der Waals surface area contributed by atoms with E-state index in [1.807, 2.05) is 0 Å². The molecule has 6 heteroatoms. The number of benzene rings is 2. The first kappa shape index (κ1) is 19.1. The fraction of sp³-hybridized carbons (Fsp3) is 0.200. The summed E-state index contributed by atoms with van der Waals surface area (Å²) in [6.45, 7) is 3.76. The van der Waals surface area contributed by atoms with Crippen LogP contribution in [0.4, 0.5) is 11.4 Å². The Kier molecular flexibility index (Phi) is 6.79. The van der Waals surface area contributed by atoms with Gasteiger partial charge >= 0.3 is 0 Å². The van der Waals surface area contributed by atoms with Crippen LogP contribution in [0, 0.1) is 0 Å². The van der Waals surface area contributed by atoms with Crippen LogP contribution in [0.2, 0.25) is 0 Å². The molecule has 2 rings (SSSR count). The van der Waals surface area contributed by atoms with Crippen LogP contribution in [0.25, 0.3) is 0 Å². The predicted octanol–water partition coefficient (Wildman–Crippen LogP) is 3.25. The van der Waals surface area contributed by atoms with E-state index in [1.165, 1.54) is 11.0 Å². The number of nitrogens with one attached hydrogen (secondary N) is 1. The predicted molar refractivity (Wildman–Crippen MR) is 102 cm³/mol. The van der Waals surface area contributed by atoms with Crippen LogP contribution in [0.1, 0.15) is 6.42 Å². The third-order valence-electron chi connectivity index (χ3n) is 3.76. The Hall–Kier alpha value is -3.28. The van der Waals surface area contributed by atoms with Gasteiger partial charge in [0, 0.05) is 24.3 Å². The van der Waals surface area contributed by atoms with Gasteiger partial charge in [0.2, 0.25) is 11.8 Å². The van der Waals surface area contributed by atoms with Crippen LogP contribution in [0.3, 0.4) is 0 Å². The number of ether oxygens (including phenoxy) is 2. The number of anilines is 2. The molecule has 2 aromatic carbocycles. The molecule has 2 amide bonds. The zero-order valence-electron chi connectivity index (χ0n) is 14.9. The zero-order valence-corrected chi connectivity index (χ0v) is 14.9. The summed E-state index contributed by atoms with van der Waals surface area (Å²) in [5.41, 5.74) is 1.34. The lowest BCUT2D eigenvalue weighted by Crippen LogP contribution is -2.32. The van der Waals surface area contributed by atoms with Gasteiger partial charge in [-0.3, -0.25) is 9.59 Å². The summed E-state index contributed by atoms with van der Waals surface area (Å²) in [6, 6.07) is 14.1. The van der Waals surface area contributed by atoms with Crippen molar-refractivity contribution >= 4 is 23.2 Å². The molecular formula is C20H22N2O4. The third-order valence-corrected chi connectivity index (χ3v) is 3.76. The lowest BCUT2D eigenvalue weighted by Gasteiger charge is -2.21. The molecule has 0 aromatic heterocycles. The summed E-state index contributed by atoms with van der Waals surface area (Å²) < 4.78 is 10.2. The lowest BCUT2D eigenvalue weighted by atomic mass is 10.2. The molecular weight excluding hydrogens is 332 g/mol. The molecule has 0 spiro atoms. The molecule has 0 unspecified atom stereocenters. The second-order valence-electron chi connectivity index (χ2n) is 5.42. The lowest BCUT2D eigenvalue weighted by molar-refractivity contribution is -0.116. The quantitative estimate of drug-likeness (QED) is 0.739. The van der Waals surface area contributed by atoms with Gasteiger partial charge in [0.25, 0.3) is 0 Å². The van der Waals surface area contributed by atoms with Crippen molar-refractivity contribution < 1.29 is 19.1 Å². The largest absolute Gasteiger partial charge is 0.497 e. The highest BCUT2D eigenvalue weighted by Crippen LogP contribution is 2.20. The van der Waals surface area contributed by atoms with Crippen LogP contribution in [0.15, 0.2) is 61.2 Å². The van der Waals surface area contributed by atoms with E-state index in [9.17, 15) is 9.59 Å². The topological polar surface area (TPSA) is 67.9 Å². The number of carbonyl (C=O) groups excluding carboxylic acids is 2. The molecule has 0 radical (unpaired) electrons. The molecule has 0 bridgehead atoms. The highest BCUT2D eigenvalue weighted by molar-refractivity contribution is 6.02. The number of nitrogens with zero attached hydrogens (tertiary/aromatic N) is 1. The minimum atomic E-state index is -0.271. The smallest absolute Gasteiger partial charge is 0.250 e. The van der Waals surface area contributed by atoms with Gasteiger partial charge in [0.1, 0.15) is 11.5 Å². The highest BCUT2D eigenvalue weighted by Gasteiger charge is 2.15. The Labute approximate surface area is 153 Å². The molecule has 0 atom stereocenters. The standard InChI is InChI=1S/C20H22N2O4/c1-4-20(24)22(16-7-11-18(26-3)12-8-16)14-13-19(23)21-15-5-9-17(25-2)10-6-15/h4-12H,1,13-14H2,2-3H3,(H,21,23). The van der Waals surface area contributed by atoms with E-state index >= 15 is 0 Å². The number of carbonyl (C=O) groups is 2. The summed E-state index contributed by atoms with van der Waals surface area (Å²) in [4.78, 5) is 25.8. The number of rotatable bonds is 8. The van der Waals surface area contributed by atoms with Crippen LogP contribution < -0.4 is 19.7 Å². The molecule has 2 aromatic rings. The van der Waals surface area contributed by atoms with E-state index < -0.39 is 0 Å². The SMILES string of the molecule is C=CC(=O)N(CCC(=O)Nc1ccc(OC)cc1)c1ccc(OC)cc1. The molecule has 0 aliphatic heterocycles. The van der Waals surface area contributed by atoms with Crippen molar-refractivity contribution in [2.45, 2.75) is 6.42 Å². The fourth-order valence-corrected chi connectivity index (χ4v) is 2.35. The van der Waals surface area contributed by atoms with Crippen molar-refractivity contribution in [2.24, 2.45) is 0 Å². The molecule has 26 heavy (non-hydrogen) atoms. The molecule has 0 heterocycles. The molecule has 0 fully saturated rings. The number of hydrogen-bond donors (Lipinski definition) is 1. The maximum Gasteiger partial charge on any atom is 0.250 e. The first-order chi connectivity index (χ1) is 12.6. The summed E-state index contributed by atoms with van der Waals surface area (Å²) in [7, 11) is 3.16. The average molecular weight is 354 g/mol. The van der Waals surface area contributed by atoms with Gasteiger partial charge in [0.05, 0.1) is 14.2 Å². The van der Waals surface area contributed by atoms with Crippen molar-refractivity contribution in [3.05, 3.63) is 61.2 Å². The van der Waals surface area contributed by atoms with Gasteiger partial charge in [-0.2, -0.15) is 0 Å². The van der Waals surface area contributed by atoms with Gasteiger partial charge in [-0.1, -0.05) is 6.58 Å². The van der Waals surface area contributed by atoms with Crippen LogP contribution >= 0.6 is 0 Å². The maximum absolute atomic E-state index is 12.2. The van der Waals surface area contributed by atoms with Crippen molar-refractivity contribution in [1.82, 2.24) is 0 Å². The van der Waals surface area contributed by atoms with Gasteiger partial charge in [-0.05, 0) is 54.6 Å². The summed E-state index contributed by atoms with van der Waals surface area (Å²) >= 11 is 0. The van der Waals surface area contributed by atoms with Crippen molar-refractivity contribution in [1.29, 1.82) is 0 Å². The molecule has 0 saturated carbocycles. The maximum atomic E-state index is 12.2. The van der Waals surface area contributed by atoms with E-state index in [0.29, 0.717) is 22.9 Å². The normalized spacial score (nSPS) is 9.92. The number of hydrogen-bond acceptors (Lipinski definition) is 4. The van der Waals surface area contributed by atoms with Crippen LogP contribution in [0.5, 0.6) is 11.5 Å². The highest BCUT2D eigenvalue weighted by atomic mass is 16.5. The van der Waals surface area contributed by atoms with Gasteiger partial charge in [-0.15, -0.1) is 0 Å². The first-order valence-corrected chi connectivity index (χ1v) is 8.09. The molecule has 136 valence electrons. The van der Waals surface area contributed by atoms with E-state index in [0.717, 1.165) is 0 Å². The van der Waals surface area contributed by atoms with Gasteiger partial charge in [-0.25, -0.2) is 0 Å². The third kappa shape index (κ3) is 5.11. The molecule has 1 N–H and O–H groups in total. The van der Waals surface area contributed by atoms with Crippen LogP contribution in [-0.2, 0) is 9.59 Å². The molecule has 0 aliphatic carbocycles. The Morgan fingerprint density at radius 3 is 2.04 bits per heavy atom. The Balaban J connectivity index is 2.00. The molecule has 0 saturated heterocycles. The minimum absolute atomic E-state index is 0.150. The van der Waals surface area contributed by atoms with Crippen molar-refractivity contribution in [2.75, 3.05) is 31.0 Å². The van der Waals surface area contributed by atoms with E-state index in [1.54, 1.807) is 62.8 Å². The molecule has 6 nitrogen and oxygen atoms in total. The van der Waals surface area contributed by atoms with Gasteiger partial charge in [0.15, 0.2) is 0 Å². The fourth-order valence-electron chi connectivity index (χ4n) is 2.35. The van der Waals surface area contributed by atoms with E-state index in [4.69, 9.17) is 9.47 Å². The summed E-state index contributed by atoms with van der Waals surface area (Å²) in [5.74, 6) is 0.945. The van der Waals surface area contributed by atoms with Crippen molar-refractivity contribution in [3.63, 3.8) is 0 Å². The monoisotopic (exact) mass is 354 g/mol. The number of amides is 2. The van der Waals surface area contributed by atoms with E-state index in [-0.39, 0.29) is 24.8 Å².